The Morgan fingerprint density at radius 2 is 1.00 bits per heavy atom. The van der Waals surface area contributed by atoms with E-state index >= 15 is 0 Å². The molecule has 1 N–H and O–H groups in total. The maximum atomic E-state index is 12.4. The zero-order chi connectivity index (χ0) is 33.1. The molecule has 14 heteroatoms. The summed E-state index contributed by atoms with van der Waals surface area (Å²) in [6.45, 7) is 3.65. The van der Waals surface area contributed by atoms with E-state index in [1.165, 1.54) is 12.4 Å². The highest BCUT2D eigenvalue weighted by molar-refractivity contribution is 6.38. The second kappa shape index (κ2) is 14.7. The van der Waals surface area contributed by atoms with Gasteiger partial charge in [0.1, 0.15) is 0 Å². The molecule has 0 bridgehead atoms. The molecule has 0 aliphatic heterocycles. The lowest BCUT2D eigenvalue weighted by atomic mass is 9.97. The van der Waals surface area contributed by atoms with Gasteiger partial charge in [-0.2, -0.15) is 10.2 Å². The quantitative estimate of drug-likeness (QED) is 0.193. The van der Waals surface area contributed by atoms with Gasteiger partial charge in [0, 0.05) is 33.6 Å². The zero-order valence-corrected chi connectivity index (χ0v) is 29.0. The Labute approximate surface area is 298 Å². The smallest absolute Gasteiger partial charge is 0.267 e. The van der Waals surface area contributed by atoms with Gasteiger partial charge < -0.3 is 0 Å². The molecule has 0 radical (unpaired) electrons. The van der Waals surface area contributed by atoms with Crippen molar-refractivity contribution in [3.05, 3.63) is 130 Å². The predicted molar refractivity (Wildman–Crippen MR) is 189 cm³/mol. The van der Waals surface area contributed by atoms with Gasteiger partial charge in [-0.05, 0) is 61.4 Å². The molecule has 4 heterocycles. The Hall–Kier alpha value is -3.27. The molecule has 0 unspecified atom stereocenters. The Morgan fingerprint density at radius 1 is 0.543 bits per heavy atom. The van der Waals surface area contributed by atoms with Crippen molar-refractivity contribution in [2.75, 3.05) is 0 Å². The third-order valence-electron chi connectivity index (χ3n) is 6.62. The van der Waals surface area contributed by atoms with E-state index < -0.39 is 0 Å². The predicted octanol–water partition coefficient (Wildman–Crippen LogP) is 10.9. The highest BCUT2D eigenvalue weighted by atomic mass is 35.5. The van der Waals surface area contributed by atoms with Gasteiger partial charge in [0.25, 0.3) is 5.56 Å². The molecule has 46 heavy (non-hydrogen) atoms. The molecule has 0 aliphatic rings. The number of nitrogens with zero attached hydrogens (tertiary/aromatic N) is 5. The molecule has 4 aromatic heterocycles. The summed E-state index contributed by atoms with van der Waals surface area (Å²) in [6, 6.07) is 17.7. The fourth-order valence-corrected chi connectivity index (χ4v) is 6.05. The van der Waals surface area contributed by atoms with Crippen LogP contribution in [0.4, 0.5) is 0 Å². The largest absolute Gasteiger partial charge is 0.274 e. The summed E-state index contributed by atoms with van der Waals surface area (Å²) >= 11 is 42.5. The first-order chi connectivity index (χ1) is 21.9. The minimum Gasteiger partial charge on any atom is -0.267 e. The van der Waals surface area contributed by atoms with Crippen molar-refractivity contribution < 1.29 is 0 Å². The molecule has 0 spiro atoms. The topological polar surface area (TPSA) is 97.3 Å². The van der Waals surface area contributed by atoms with Crippen LogP contribution in [0.15, 0.2) is 77.9 Å². The maximum Gasteiger partial charge on any atom is 0.274 e. The first kappa shape index (κ1) is 34.1. The van der Waals surface area contributed by atoms with Crippen molar-refractivity contribution in [3.63, 3.8) is 0 Å². The number of aryl methyl sites for hydroxylation is 2. The summed E-state index contributed by atoms with van der Waals surface area (Å²) in [5, 5.41) is 17.6. The number of nitrogens with one attached hydrogen (secondary N) is 1. The van der Waals surface area contributed by atoms with Crippen LogP contribution in [0.3, 0.4) is 0 Å². The summed E-state index contributed by atoms with van der Waals surface area (Å²) in [7, 11) is 0. The van der Waals surface area contributed by atoms with E-state index in [-0.39, 0.29) is 10.7 Å². The van der Waals surface area contributed by atoms with E-state index in [1.54, 1.807) is 43.3 Å². The van der Waals surface area contributed by atoms with Gasteiger partial charge in [0.2, 0.25) is 0 Å². The van der Waals surface area contributed by atoms with Crippen LogP contribution in [0.5, 0.6) is 0 Å². The van der Waals surface area contributed by atoms with Crippen LogP contribution < -0.4 is 5.56 Å². The Bertz CT molecular complexity index is 2120. The lowest BCUT2D eigenvalue weighted by Crippen LogP contribution is -2.15. The average molecular weight is 752 g/mol. The molecule has 2 aromatic carbocycles. The molecule has 232 valence electrons. The summed E-state index contributed by atoms with van der Waals surface area (Å²) in [6.07, 6.45) is 2.96. The lowest BCUT2D eigenvalue weighted by molar-refractivity contribution is 0.950. The molecule has 0 amide bonds. The van der Waals surface area contributed by atoms with Crippen LogP contribution in [-0.2, 0) is 0 Å². The van der Waals surface area contributed by atoms with Gasteiger partial charge in [-0.25, -0.2) is 5.10 Å². The molecular weight excluding hydrogens is 733 g/mol. The normalized spacial score (nSPS) is 10.8. The second-order valence-electron chi connectivity index (χ2n) is 9.70. The van der Waals surface area contributed by atoms with E-state index in [0.717, 1.165) is 16.7 Å². The summed E-state index contributed by atoms with van der Waals surface area (Å²) in [4.78, 5) is 20.9. The number of rotatable bonds is 4. The zero-order valence-electron chi connectivity index (χ0n) is 23.7. The Balaban J connectivity index is 0.000000181. The first-order valence-corrected chi connectivity index (χ1v) is 15.9. The number of halogens is 7. The SMILES string of the molecule is Cc1n[nH]c(=O)c(-c2ncc(Cl)cc2Cl)c1-c1ccc(Cl)cc1.Cc1nnc(Cl)c(-c2ncc(Cl)cc2Cl)c1-c1ccc(Cl)cc1. The van der Waals surface area contributed by atoms with Crippen LogP contribution in [0.2, 0.25) is 35.3 Å². The van der Waals surface area contributed by atoms with Gasteiger partial charge in [-0.3, -0.25) is 14.8 Å². The van der Waals surface area contributed by atoms with Crippen LogP contribution in [0, 0.1) is 13.8 Å². The van der Waals surface area contributed by atoms with Gasteiger partial charge >= 0.3 is 0 Å². The van der Waals surface area contributed by atoms with Gasteiger partial charge in [-0.15, -0.1) is 5.10 Å². The number of benzene rings is 2. The van der Waals surface area contributed by atoms with Crippen molar-refractivity contribution in [1.82, 2.24) is 30.4 Å². The summed E-state index contributed by atoms with van der Waals surface area (Å²) < 4.78 is 0. The third kappa shape index (κ3) is 7.48. The third-order valence-corrected chi connectivity index (χ3v) is 8.38. The fourth-order valence-electron chi connectivity index (χ4n) is 4.62. The Kier molecular flexibility index (Phi) is 10.9. The summed E-state index contributed by atoms with van der Waals surface area (Å²) in [5.41, 5.74) is 5.95. The molecule has 0 saturated heterocycles. The standard InChI is InChI=1S/C16H9Cl4N3.C16H10Cl3N3O/c1-8-13(9-2-4-10(17)5-3-9)14(16(20)23-22-8)15-12(19)6-11(18)7-21-15;1-8-13(9-2-4-10(17)5-3-9)14(16(23)22-21-8)15-12(19)6-11(18)7-20-15/h2-7H,1H3;2-7H,1H3,(H,22,23). The monoisotopic (exact) mass is 748 g/mol. The average Bonchev–Trinajstić information content (AvgIpc) is 3.01. The fraction of sp³-hybridized carbons (Fsp3) is 0.0625. The minimum atomic E-state index is -0.378. The highest BCUT2D eigenvalue weighted by Crippen LogP contribution is 2.40. The molecule has 7 nitrogen and oxygen atoms in total. The van der Waals surface area contributed by atoms with Crippen molar-refractivity contribution in [2.45, 2.75) is 13.8 Å². The molecule has 6 aromatic rings. The number of H-pyrrole nitrogens is 1. The number of aromatic nitrogens is 6. The number of pyridine rings is 2. The number of hydrogen-bond donors (Lipinski definition) is 1. The molecule has 0 atom stereocenters. The highest BCUT2D eigenvalue weighted by Gasteiger charge is 2.21. The van der Waals surface area contributed by atoms with Gasteiger partial charge in [0.05, 0.1) is 54.0 Å². The number of hydrogen-bond acceptors (Lipinski definition) is 6. The molecule has 0 aliphatic carbocycles. The molecule has 0 fully saturated rings. The van der Waals surface area contributed by atoms with E-state index in [0.29, 0.717) is 69.6 Å². The maximum absolute atomic E-state index is 12.4. The van der Waals surface area contributed by atoms with Crippen LogP contribution in [0.25, 0.3) is 44.8 Å². The summed E-state index contributed by atoms with van der Waals surface area (Å²) in [5.74, 6) is 0. The van der Waals surface area contributed by atoms with E-state index in [4.69, 9.17) is 81.2 Å². The van der Waals surface area contributed by atoms with E-state index in [1.807, 2.05) is 31.2 Å². The van der Waals surface area contributed by atoms with Crippen molar-refractivity contribution in [3.8, 4) is 44.8 Å². The van der Waals surface area contributed by atoms with Crippen LogP contribution in [-0.4, -0.2) is 30.4 Å². The van der Waals surface area contributed by atoms with Crippen molar-refractivity contribution in [1.29, 1.82) is 0 Å². The van der Waals surface area contributed by atoms with Gasteiger partial charge in [0.15, 0.2) is 5.15 Å². The lowest BCUT2D eigenvalue weighted by Gasteiger charge is -2.14. The van der Waals surface area contributed by atoms with E-state index in [2.05, 4.69) is 30.4 Å². The van der Waals surface area contributed by atoms with Crippen molar-refractivity contribution >= 4 is 81.2 Å². The molecule has 6 rings (SSSR count). The van der Waals surface area contributed by atoms with Crippen LogP contribution in [0.1, 0.15) is 11.4 Å². The Morgan fingerprint density at radius 3 is 1.48 bits per heavy atom. The second-order valence-corrected chi connectivity index (χ2v) is 12.6. The molecule has 0 saturated carbocycles. The minimum absolute atomic E-state index is 0.220. The molecular formula is C32H19Cl7N6O. The van der Waals surface area contributed by atoms with Gasteiger partial charge in [-0.1, -0.05) is 105 Å². The van der Waals surface area contributed by atoms with Crippen LogP contribution >= 0.6 is 81.2 Å². The first-order valence-electron chi connectivity index (χ1n) is 13.2. The van der Waals surface area contributed by atoms with E-state index in [9.17, 15) is 4.79 Å². The van der Waals surface area contributed by atoms with Crippen molar-refractivity contribution in [2.24, 2.45) is 0 Å². The number of aromatic amines is 1.